The lowest BCUT2D eigenvalue weighted by atomic mass is 10.1. The van der Waals surface area contributed by atoms with Gasteiger partial charge in [0.05, 0.1) is 12.7 Å². The van der Waals surface area contributed by atoms with Gasteiger partial charge in [0.15, 0.2) is 11.5 Å². The van der Waals surface area contributed by atoms with Crippen molar-refractivity contribution in [2.24, 2.45) is 0 Å². The second-order valence-corrected chi connectivity index (χ2v) is 6.93. The second kappa shape index (κ2) is 8.99. The largest absolute Gasteiger partial charge is 0.540 e. The smallest absolute Gasteiger partial charge is 0.493 e. The predicted molar refractivity (Wildman–Crippen MR) is 112 cm³/mol. The van der Waals surface area contributed by atoms with Crippen LogP contribution in [0.3, 0.4) is 0 Å². The van der Waals surface area contributed by atoms with E-state index in [0.717, 1.165) is 18.2 Å². The summed E-state index contributed by atoms with van der Waals surface area (Å²) in [6.45, 7) is 0. The lowest BCUT2D eigenvalue weighted by molar-refractivity contribution is -0.461. The lowest BCUT2D eigenvalue weighted by Gasteiger charge is -2.30. The molecule has 0 atom stereocenters. The number of amides is 2. The molecule has 1 aliphatic heterocycles. The Balaban J connectivity index is 1.46. The van der Waals surface area contributed by atoms with Crippen LogP contribution in [0.1, 0.15) is 11.3 Å². The Morgan fingerprint density at radius 1 is 1.03 bits per heavy atom. The van der Waals surface area contributed by atoms with Gasteiger partial charge in [-0.05, 0) is 36.4 Å². The standard InChI is InChI=1S/C22H14F4N4O5/c1-32-19-10-13(3-5-18(19)33-15-6-7-28-14(8-15)11-27)30-20(31)29-12-2-4-17-16(9-12)21(23,24)35-22(25,26)34-17/h2-10H,1H3,(H2,29,30,31). The van der Waals surface area contributed by atoms with Crippen molar-refractivity contribution in [2.45, 2.75) is 12.4 Å². The van der Waals surface area contributed by atoms with Crippen molar-refractivity contribution in [2.75, 3.05) is 17.7 Å². The van der Waals surface area contributed by atoms with Crippen molar-refractivity contribution < 1.29 is 41.3 Å². The maximum Gasteiger partial charge on any atom is 0.540 e. The maximum atomic E-state index is 13.9. The van der Waals surface area contributed by atoms with Gasteiger partial charge in [0, 0.05) is 29.7 Å². The number of nitriles is 1. The van der Waals surface area contributed by atoms with Crippen LogP contribution in [0.4, 0.5) is 33.7 Å². The van der Waals surface area contributed by atoms with E-state index in [1.807, 2.05) is 6.07 Å². The second-order valence-electron chi connectivity index (χ2n) is 6.93. The number of rotatable bonds is 5. The summed E-state index contributed by atoms with van der Waals surface area (Å²) in [5.41, 5.74) is -0.687. The molecule has 0 aliphatic carbocycles. The van der Waals surface area contributed by atoms with Crippen molar-refractivity contribution in [1.29, 1.82) is 5.26 Å². The number of pyridine rings is 1. The zero-order valence-corrected chi connectivity index (χ0v) is 17.6. The van der Waals surface area contributed by atoms with Crippen LogP contribution in [0.5, 0.6) is 23.0 Å². The molecule has 0 unspecified atom stereocenters. The number of nitrogens with zero attached hydrogens (tertiary/aromatic N) is 2. The number of alkyl halides is 4. The summed E-state index contributed by atoms with van der Waals surface area (Å²) < 4.78 is 72.5. The average Bonchev–Trinajstić information content (AvgIpc) is 2.79. The van der Waals surface area contributed by atoms with Crippen LogP contribution in [0, 0.1) is 11.3 Å². The number of methoxy groups -OCH3 is 1. The van der Waals surface area contributed by atoms with Crippen LogP contribution >= 0.6 is 0 Å². The molecule has 2 aromatic carbocycles. The number of carbonyl (C=O) groups excluding carboxylic acids is 1. The summed E-state index contributed by atoms with van der Waals surface area (Å²) in [6.07, 6.45) is -7.43. The highest BCUT2D eigenvalue weighted by Crippen LogP contribution is 2.47. The number of anilines is 2. The van der Waals surface area contributed by atoms with E-state index in [9.17, 15) is 22.4 Å². The number of halogens is 4. The van der Waals surface area contributed by atoms with Gasteiger partial charge in [-0.1, -0.05) is 0 Å². The Kier molecular flexibility index (Phi) is 6.06. The summed E-state index contributed by atoms with van der Waals surface area (Å²) in [5.74, 6) is 0.0703. The highest BCUT2D eigenvalue weighted by atomic mass is 19.3. The van der Waals surface area contributed by atoms with Gasteiger partial charge in [0.2, 0.25) is 0 Å². The summed E-state index contributed by atoms with van der Waals surface area (Å²) in [6, 6.07) is 11.2. The van der Waals surface area contributed by atoms with Crippen LogP contribution in [-0.4, -0.2) is 24.4 Å². The normalized spacial score (nSPS) is 15.1. The minimum absolute atomic E-state index is 0.128. The third kappa shape index (κ3) is 5.33. The summed E-state index contributed by atoms with van der Waals surface area (Å²) in [5, 5.41) is 13.7. The van der Waals surface area contributed by atoms with Crippen LogP contribution in [0.25, 0.3) is 0 Å². The van der Waals surface area contributed by atoms with E-state index in [0.29, 0.717) is 5.75 Å². The first-order chi connectivity index (χ1) is 16.6. The van der Waals surface area contributed by atoms with E-state index in [1.165, 1.54) is 37.6 Å². The number of hydrogen-bond donors (Lipinski definition) is 2. The van der Waals surface area contributed by atoms with E-state index in [-0.39, 0.29) is 28.6 Å². The van der Waals surface area contributed by atoms with Gasteiger partial charge in [-0.15, -0.1) is 8.78 Å². The Morgan fingerprint density at radius 3 is 2.46 bits per heavy atom. The SMILES string of the molecule is COc1cc(NC(=O)Nc2ccc3c(c2)C(F)(F)OC(F)(F)O3)ccc1Oc1ccnc(C#N)c1. The van der Waals surface area contributed by atoms with E-state index in [1.54, 1.807) is 6.07 Å². The molecule has 0 saturated heterocycles. The zero-order valence-electron chi connectivity index (χ0n) is 17.6. The highest BCUT2D eigenvalue weighted by molar-refractivity contribution is 6.00. The third-order valence-electron chi connectivity index (χ3n) is 4.52. The molecule has 1 aromatic heterocycles. The molecular weight excluding hydrogens is 476 g/mol. The molecule has 13 heteroatoms. The quantitative estimate of drug-likeness (QED) is 0.460. The van der Waals surface area contributed by atoms with Gasteiger partial charge in [0.1, 0.15) is 23.3 Å². The summed E-state index contributed by atoms with van der Waals surface area (Å²) in [4.78, 5) is 16.2. The maximum absolute atomic E-state index is 13.9. The van der Waals surface area contributed by atoms with Gasteiger partial charge in [-0.25, -0.2) is 14.5 Å². The minimum Gasteiger partial charge on any atom is -0.493 e. The number of carbonyl (C=O) groups is 1. The van der Waals surface area contributed by atoms with Crippen molar-refractivity contribution in [1.82, 2.24) is 4.98 Å². The van der Waals surface area contributed by atoms with Crippen LogP contribution < -0.4 is 24.8 Å². The van der Waals surface area contributed by atoms with E-state index >= 15 is 0 Å². The molecule has 0 fully saturated rings. The van der Waals surface area contributed by atoms with Gasteiger partial charge in [-0.3, -0.25) is 0 Å². The van der Waals surface area contributed by atoms with Gasteiger partial charge >= 0.3 is 18.4 Å². The molecule has 0 radical (unpaired) electrons. The number of aromatic nitrogens is 1. The first kappa shape index (κ1) is 23.6. The van der Waals surface area contributed by atoms with Crippen molar-refractivity contribution in [3.63, 3.8) is 0 Å². The van der Waals surface area contributed by atoms with Crippen molar-refractivity contribution in [3.05, 3.63) is 66.0 Å². The fraction of sp³-hybridized carbons (Fsp3) is 0.136. The molecular formula is C22H14F4N4O5. The molecule has 0 saturated carbocycles. The average molecular weight is 490 g/mol. The number of hydrogen-bond acceptors (Lipinski definition) is 7. The molecule has 35 heavy (non-hydrogen) atoms. The number of urea groups is 1. The topological polar surface area (TPSA) is 115 Å². The Morgan fingerprint density at radius 2 is 1.74 bits per heavy atom. The van der Waals surface area contributed by atoms with E-state index in [2.05, 4.69) is 25.1 Å². The Labute approximate surface area is 194 Å². The Bertz CT molecular complexity index is 1330. The zero-order chi connectivity index (χ0) is 25.2. The number of fused-ring (bicyclic) bond motifs is 1. The molecule has 2 amide bonds. The monoisotopic (exact) mass is 490 g/mol. The number of benzene rings is 2. The molecule has 1 aliphatic rings. The van der Waals surface area contributed by atoms with Gasteiger partial charge < -0.3 is 24.8 Å². The lowest BCUT2D eigenvalue weighted by Crippen LogP contribution is -2.41. The Hall–Kier alpha value is -4.57. The summed E-state index contributed by atoms with van der Waals surface area (Å²) in [7, 11) is 1.38. The number of nitrogens with one attached hydrogen (secondary N) is 2. The van der Waals surface area contributed by atoms with Crippen LogP contribution in [-0.2, 0) is 10.8 Å². The molecule has 3 aromatic rings. The first-order valence-corrected chi connectivity index (χ1v) is 9.68. The molecule has 180 valence electrons. The minimum atomic E-state index is -4.49. The van der Waals surface area contributed by atoms with Crippen molar-refractivity contribution >= 4 is 17.4 Å². The van der Waals surface area contributed by atoms with Crippen LogP contribution in [0.2, 0.25) is 0 Å². The molecule has 0 bridgehead atoms. The van der Waals surface area contributed by atoms with E-state index < -0.39 is 29.7 Å². The van der Waals surface area contributed by atoms with Crippen LogP contribution in [0.15, 0.2) is 54.7 Å². The first-order valence-electron chi connectivity index (χ1n) is 9.68. The van der Waals surface area contributed by atoms with Crippen molar-refractivity contribution in [3.8, 4) is 29.1 Å². The van der Waals surface area contributed by atoms with Gasteiger partial charge in [-0.2, -0.15) is 14.0 Å². The molecule has 9 nitrogen and oxygen atoms in total. The van der Waals surface area contributed by atoms with E-state index in [4.69, 9.17) is 14.7 Å². The molecule has 0 spiro atoms. The third-order valence-corrected chi connectivity index (χ3v) is 4.52. The number of ether oxygens (including phenoxy) is 4. The molecule has 4 rings (SSSR count). The molecule has 2 heterocycles. The molecule has 2 N–H and O–H groups in total. The highest BCUT2D eigenvalue weighted by Gasteiger charge is 2.54. The summed E-state index contributed by atoms with van der Waals surface area (Å²) >= 11 is 0. The van der Waals surface area contributed by atoms with Gasteiger partial charge in [0.25, 0.3) is 0 Å². The fourth-order valence-corrected chi connectivity index (χ4v) is 3.06. The predicted octanol–water partition coefficient (Wildman–Crippen LogP) is 5.41. The fourth-order valence-electron chi connectivity index (χ4n) is 3.06.